The predicted octanol–water partition coefficient (Wildman–Crippen LogP) is 1.94. The van der Waals surface area contributed by atoms with Crippen molar-refractivity contribution in [1.29, 1.82) is 0 Å². The molecule has 5 nitrogen and oxygen atoms in total. The highest BCUT2D eigenvalue weighted by Crippen LogP contribution is 2.43. The third kappa shape index (κ3) is 3.86. The Bertz CT molecular complexity index is 283. The molecule has 1 aliphatic heterocycles. The van der Waals surface area contributed by atoms with Gasteiger partial charge in [-0.15, -0.1) is 0 Å². The normalized spacial score (nSPS) is 28.7. The van der Waals surface area contributed by atoms with Crippen molar-refractivity contribution in [3.63, 3.8) is 0 Å². The first-order valence-electron chi connectivity index (χ1n) is 8.51. The molecule has 0 bridgehead atoms. The van der Waals surface area contributed by atoms with Gasteiger partial charge in [-0.25, -0.2) is 0 Å². The van der Waals surface area contributed by atoms with Gasteiger partial charge >= 0.3 is 8.56 Å². The van der Waals surface area contributed by atoms with Gasteiger partial charge < -0.3 is 24.6 Å². The molecule has 1 aliphatic rings. The van der Waals surface area contributed by atoms with Crippen molar-refractivity contribution in [2.45, 2.75) is 64.3 Å². The van der Waals surface area contributed by atoms with E-state index in [1.165, 1.54) is 0 Å². The van der Waals surface area contributed by atoms with Gasteiger partial charge in [-0.2, -0.15) is 0 Å². The van der Waals surface area contributed by atoms with Crippen molar-refractivity contribution >= 4 is 8.56 Å². The molecule has 1 fully saturated rings. The average Bonchev–Trinajstić information content (AvgIpc) is 2.48. The minimum Gasteiger partial charge on any atom is -0.393 e. The van der Waals surface area contributed by atoms with Gasteiger partial charge in [-0.1, -0.05) is 6.92 Å². The van der Waals surface area contributed by atoms with Gasteiger partial charge in [0.15, 0.2) is 0 Å². The largest absolute Gasteiger partial charge is 0.393 e. The summed E-state index contributed by atoms with van der Waals surface area (Å²) in [5, 5.41) is 3.28. The molecule has 3 N–H and O–H groups in total. The lowest BCUT2D eigenvalue weighted by Crippen LogP contribution is -2.74. The highest BCUT2D eigenvalue weighted by molar-refractivity contribution is 6.71. The van der Waals surface area contributed by atoms with Gasteiger partial charge in [0.2, 0.25) is 0 Å². The molecule has 126 valence electrons. The summed E-state index contributed by atoms with van der Waals surface area (Å²) in [5.41, 5.74) is 5.68. The van der Waals surface area contributed by atoms with E-state index in [1.54, 1.807) is 0 Å². The predicted molar refractivity (Wildman–Crippen MR) is 88.5 cm³/mol. The van der Waals surface area contributed by atoms with Crippen molar-refractivity contribution in [1.82, 2.24) is 5.32 Å². The Kier molecular flexibility index (Phi) is 8.37. The number of hydrogen-bond donors (Lipinski definition) is 2. The zero-order chi connectivity index (χ0) is 15.8. The van der Waals surface area contributed by atoms with E-state index in [2.05, 4.69) is 33.0 Å². The van der Waals surface area contributed by atoms with Crippen molar-refractivity contribution in [3.8, 4) is 0 Å². The summed E-state index contributed by atoms with van der Waals surface area (Å²) in [5.74, 6) is 0. The quantitative estimate of drug-likeness (QED) is 0.603. The smallest absolute Gasteiger partial charge is 0.372 e. The van der Waals surface area contributed by atoms with Crippen LogP contribution in [0.5, 0.6) is 0 Å². The third-order valence-corrected chi connectivity index (χ3v) is 9.08. The van der Waals surface area contributed by atoms with E-state index in [9.17, 15) is 0 Å². The number of hydrogen-bond acceptors (Lipinski definition) is 5. The van der Waals surface area contributed by atoms with Crippen molar-refractivity contribution in [2.24, 2.45) is 5.73 Å². The Morgan fingerprint density at radius 3 is 2.29 bits per heavy atom. The molecule has 1 heterocycles. The Hall–Kier alpha value is 0.0169. The van der Waals surface area contributed by atoms with Crippen molar-refractivity contribution in [3.05, 3.63) is 0 Å². The lowest BCUT2D eigenvalue weighted by atomic mass is 10.0. The Morgan fingerprint density at radius 2 is 1.81 bits per heavy atom. The molecular formula is C15H34N2O3Si. The van der Waals surface area contributed by atoms with Gasteiger partial charge in [-0.3, -0.25) is 0 Å². The van der Waals surface area contributed by atoms with Crippen LogP contribution in [0.1, 0.15) is 47.0 Å². The second-order valence-electron chi connectivity index (χ2n) is 5.48. The molecule has 0 aromatic heterocycles. The molecule has 2 unspecified atom stereocenters. The monoisotopic (exact) mass is 318 g/mol. The highest BCUT2D eigenvalue weighted by atomic mass is 28.4. The van der Waals surface area contributed by atoms with E-state index in [0.717, 1.165) is 31.9 Å². The SMILES string of the molecule is CCOC1(CC)C(NCCN)CCC[Si]1(OCC)OCC. The van der Waals surface area contributed by atoms with E-state index in [-0.39, 0.29) is 11.3 Å². The summed E-state index contributed by atoms with van der Waals surface area (Å²) in [6, 6.07) is 1.29. The number of nitrogens with two attached hydrogens (primary N) is 1. The summed E-state index contributed by atoms with van der Waals surface area (Å²) in [6.07, 6.45) is 3.14. The van der Waals surface area contributed by atoms with Crippen molar-refractivity contribution in [2.75, 3.05) is 32.9 Å². The minimum atomic E-state index is -2.42. The van der Waals surface area contributed by atoms with Gasteiger partial charge in [0, 0.05) is 39.0 Å². The van der Waals surface area contributed by atoms with E-state index < -0.39 is 8.56 Å². The summed E-state index contributed by atoms with van der Waals surface area (Å²) < 4.78 is 19.0. The zero-order valence-corrected chi connectivity index (χ0v) is 15.2. The summed E-state index contributed by atoms with van der Waals surface area (Å²) >= 11 is 0. The van der Waals surface area contributed by atoms with Crippen LogP contribution in [0.4, 0.5) is 0 Å². The van der Waals surface area contributed by atoms with Crippen LogP contribution in [-0.2, 0) is 13.6 Å². The minimum absolute atomic E-state index is 0.268. The van der Waals surface area contributed by atoms with Crippen LogP contribution in [-0.4, -0.2) is 52.7 Å². The molecular weight excluding hydrogens is 284 g/mol. The van der Waals surface area contributed by atoms with Crippen LogP contribution in [0.15, 0.2) is 0 Å². The number of rotatable bonds is 10. The molecule has 0 spiro atoms. The second kappa shape index (κ2) is 9.22. The first-order valence-corrected chi connectivity index (χ1v) is 10.5. The fraction of sp³-hybridized carbons (Fsp3) is 1.00. The fourth-order valence-electron chi connectivity index (χ4n) is 3.76. The third-order valence-electron chi connectivity index (χ3n) is 4.42. The van der Waals surface area contributed by atoms with Gasteiger partial charge in [0.05, 0.1) is 0 Å². The first-order chi connectivity index (χ1) is 10.2. The van der Waals surface area contributed by atoms with Crippen LogP contribution in [0.2, 0.25) is 6.04 Å². The standard InChI is InChI=1S/C15H34N2O3Si/c1-5-15(18-6-2)14(17-12-11-16)10-9-13-21(15,19-7-3)20-8-4/h14,17H,5-13,16H2,1-4H3. The maximum absolute atomic E-state index is 6.36. The molecule has 2 atom stereocenters. The lowest BCUT2D eigenvalue weighted by Gasteiger charge is -2.53. The number of ether oxygens (including phenoxy) is 1. The molecule has 0 aromatic carbocycles. The Labute approximate surface area is 131 Å². The van der Waals surface area contributed by atoms with Crippen molar-refractivity contribution < 1.29 is 13.6 Å². The summed E-state index contributed by atoms with van der Waals surface area (Å²) in [4.78, 5) is 0. The zero-order valence-electron chi connectivity index (χ0n) is 14.2. The van der Waals surface area contributed by atoms with Gasteiger partial charge in [-0.05, 0) is 46.1 Å². The van der Waals surface area contributed by atoms with Crippen LogP contribution in [0.3, 0.4) is 0 Å². The molecule has 1 saturated heterocycles. The van der Waals surface area contributed by atoms with E-state index in [4.69, 9.17) is 19.3 Å². The maximum Gasteiger partial charge on any atom is 0.372 e. The first kappa shape index (κ1) is 19.1. The van der Waals surface area contributed by atoms with Crippen LogP contribution < -0.4 is 11.1 Å². The molecule has 0 radical (unpaired) electrons. The summed E-state index contributed by atoms with van der Waals surface area (Å²) in [7, 11) is -2.42. The Balaban J connectivity index is 3.15. The lowest BCUT2D eigenvalue weighted by molar-refractivity contribution is -0.0617. The number of nitrogens with one attached hydrogen (secondary N) is 1. The molecule has 0 saturated carbocycles. The molecule has 0 amide bonds. The molecule has 6 heteroatoms. The molecule has 21 heavy (non-hydrogen) atoms. The van der Waals surface area contributed by atoms with E-state index in [1.807, 2.05) is 0 Å². The van der Waals surface area contributed by atoms with Gasteiger partial charge in [0.1, 0.15) is 5.22 Å². The topological polar surface area (TPSA) is 65.7 Å². The molecule has 0 aromatic rings. The van der Waals surface area contributed by atoms with Crippen LogP contribution >= 0.6 is 0 Å². The van der Waals surface area contributed by atoms with E-state index >= 15 is 0 Å². The van der Waals surface area contributed by atoms with Crippen LogP contribution in [0, 0.1) is 0 Å². The Morgan fingerprint density at radius 1 is 1.14 bits per heavy atom. The highest BCUT2D eigenvalue weighted by Gasteiger charge is 2.63. The van der Waals surface area contributed by atoms with Gasteiger partial charge in [0.25, 0.3) is 0 Å². The summed E-state index contributed by atoms with van der Waals surface area (Å²) in [6.45, 7) is 11.9. The molecule has 1 rings (SSSR count). The fourth-order valence-corrected chi connectivity index (χ4v) is 8.32. The second-order valence-corrected chi connectivity index (χ2v) is 8.91. The average molecular weight is 319 g/mol. The molecule has 0 aliphatic carbocycles. The van der Waals surface area contributed by atoms with E-state index in [0.29, 0.717) is 26.4 Å². The maximum atomic E-state index is 6.36. The van der Waals surface area contributed by atoms with Crippen LogP contribution in [0.25, 0.3) is 0 Å².